The number of likely N-dealkylation sites (N-methyl/N-ethyl adjacent to an activating group) is 1. The van der Waals surface area contributed by atoms with E-state index in [2.05, 4.69) is 21.2 Å². The van der Waals surface area contributed by atoms with Crippen LogP contribution in [0.25, 0.3) is 0 Å². The van der Waals surface area contributed by atoms with Crippen LogP contribution in [0.1, 0.15) is 24.1 Å². The van der Waals surface area contributed by atoms with Crippen molar-refractivity contribution in [3.8, 4) is 0 Å². The summed E-state index contributed by atoms with van der Waals surface area (Å²) in [6.45, 7) is 2.67. The number of hydrogen-bond donors (Lipinski definition) is 1. The van der Waals surface area contributed by atoms with E-state index >= 15 is 0 Å². The van der Waals surface area contributed by atoms with E-state index in [4.69, 9.17) is 11.6 Å². The van der Waals surface area contributed by atoms with Crippen LogP contribution >= 0.6 is 27.5 Å². The minimum absolute atomic E-state index is 0.153. The second-order valence-electron chi connectivity index (χ2n) is 4.69. The number of rotatable bonds is 5. The summed E-state index contributed by atoms with van der Waals surface area (Å²) >= 11 is 9.39. The van der Waals surface area contributed by atoms with Crippen LogP contribution in [0.2, 0.25) is 5.02 Å². The molecule has 0 aliphatic carbocycles. The van der Waals surface area contributed by atoms with Gasteiger partial charge in [0.15, 0.2) is 0 Å². The van der Waals surface area contributed by atoms with E-state index in [1.165, 1.54) is 24.3 Å². The van der Waals surface area contributed by atoms with Gasteiger partial charge in [-0.25, -0.2) is 8.78 Å². The van der Waals surface area contributed by atoms with Crippen LogP contribution in [0.3, 0.4) is 0 Å². The molecule has 0 saturated heterocycles. The number of hydrogen-bond acceptors (Lipinski definition) is 1. The number of nitrogens with one attached hydrogen (secondary N) is 1. The Balaban J connectivity index is 2.35. The van der Waals surface area contributed by atoms with Crippen molar-refractivity contribution in [3.05, 3.63) is 68.7 Å². The summed E-state index contributed by atoms with van der Waals surface area (Å²) in [5.41, 5.74) is 1.48. The largest absolute Gasteiger partial charge is 0.310 e. The van der Waals surface area contributed by atoms with Gasteiger partial charge in [-0.2, -0.15) is 0 Å². The fourth-order valence-electron chi connectivity index (χ4n) is 2.25. The molecule has 1 atom stereocenters. The molecule has 0 heterocycles. The zero-order valence-corrected chi connectivity index (χ0v) is 13.8. The molecule has 0 saturated carbocycles. The highest BCUT2D eigenvalue weighted by Crippen LogP contribution is 2.30. The van der Waals surface area contributed by atoms with Gasteiger partial charge in [0.25, 0.3) is 0 Å². The van der Waals surface area contributed by atoms with Crippen molar-refractivity contribution in [2.45, 2.75) is 19.4 Å². The minimum atomic E-state index is -0.331. The van der Waals surface area contributed by atoms with Gasteiger partial charge in [0.1, 0.15) is 11.6 Å². The summed E-state index contributed by atoms with van der Waals surface area (Å²) in [4.78, 5) is 0. The molecule has 2 rings (SSSR count). The first-order valence-corrected chi connectivity index (χ1v) is 7.81. The van der Waals surface area contributed by atoms with Gasteiger partial charge in [0, 0.05) is 11.1 Å². The summed E-state index contributed by atoms with van der Waals surface area (Å²) in [5, 5.41) is 3.79. The molecular weight excluding hydrogens is 360 g/mol. The molecule has 1 unspecified atom stereocenters. The van der Waals surface area contributed by atoms with Crippen molar-refractivity contribution in [1.29, 1.82) is 0 Å². The van der Waals surface area contributed by atoms with Gasteiger partial charge in [0.05, 0.1) is 4.47 Å². The van der Waals surface area contributed by atoms with Crippen LogP contribution in [0, 0.1) is 11.6 Å². The van der Waals surface area contributed by atoms with Crippen molar-refractivity contribution in [2.75, 3.05) is 6.54 Å². The summed E-state index contributed by atoms with van der Waals surface area (Å²) < 4.78 is 27.5. The summed E-state index contributed by atoms with van der Waals surface area (Å²) in [5.74, 6) is -0.649. The lowest BCUT2D eigenvalue weighted by molar-refractivity contribution is 0.536. The first-order chi connectivity index (χ1) is 10.0. The average Bonchev–Trinajstić information content (AvgIpc) is 2.45. The van der Waals surface area contributed by atoms with E-state index in [9.17, 15) is 8.78 Å². The van der Waals surface area contributed by atoms with Gasteiger partial charge in [0.2, 0.25) is 0 Å². The smallest absolute Gasteiger partial charge is 0.137 e. The zero-order chi connectivity index (χ0) is 15.4. The highest BCUT2D eigenvalue weighted by molar-refractivity contribution is 9.10. The second kappa shape index (κ2) is 7.34. The Morgan fingerprint density at radius 1 is 1.24 bits per heavy atom. The SMILES string of the molecule is CCNC(Cc1cc(F)ccc1Cl)c1cccc(F)c1Br. The molecule has 0 aliphatic rings. The maximum Gasteiger partial charge on any atom is 0.137 e. The lowest BCUT2D eigenvalue weighted by Gasteiger charge is -2.20. The first kappa shape index (κ1) is 16.4. The maximum atomic E-state index is 13.7. The Bertz CT molecular complexity index is 634. The third-order valence-corrected chi connectivity index (χ3v) is 4.44. The van der Waals surface area contributed by atoms with Crippen LogP contribution < -0.4 is 5.32 Å². The van der Waals surface area contributed by atoms with E-state index in [1.807, 2.05) is 13.0 Å². The summed E-state index contributed by atoms with van der Waals surface area (Å²) in [6, 6.07) is 9.02. The molecule has 0 spiro atoms. The molecule has 112 valence electrons. The third kappa shape index (κ3) is 4.02. The Morgan fingerprint density at radius 3 is 2.71 bits per heavy atom. The second-order valence-corrected chi connectivity index (χ2v) is 5.89. The van der Waals surface area contributed by atoms with Gasteiger partial charge in [-0.05, 0) is 64.3 Å². The molecule has 0 bridgehead atoms. The molecule has 5 heteroatoms. The van der Waals surface area contributed by atoms with Crippen LogP contribution in [-0.4, -0.2) is 6.54 Å². The Hall–Kier alpha value is -0.970. The molecule has 0 radical (unpaired) electrons. The van der Waals surface area contributed by atoms with E-state index < -0.39 is 0 Å². The lowest BCUT2D eigenvalue weighted by Crippen LogP contribution is -2.23. The van der Waals surface area contributed by atoms with Gasteiger partial charge in [-0.1, -0.05) is 30.7 Å². The van der Waals surface area contributed by atoms with Crippen molar-refractivity contribution in [3.63, 3.8) is 0 Å². The topological polar surface area (TPSA) is 12.0 Å². The van der Waals surface area contributed by atoms with Crippen molar-refractivity contribution in [1.82, 2.24) is 5.32 Å². The normalized spacial score (nSPS) is 12.4. The summed E-state index contributed by atoms with van der Waals surface area (Å²) in [6.07, 6.45) is 0.479. The molecule has 0 amide bonds. The van der Waals surface area contributed by atoms with E-state index in [0.29, 0.717) is 28.0 Å². The van der Waals surface area contributed by atoms with Crippen LogP contribution in [0.5, 0.6) is 0 Å². The van der Waals surface area contributed by atoms with E-state index in [0.717, 1.165) is 5.56 Å². The van der Waals surface area contributed by atoms with Gasteiger partial charge >= 0.3 is 0 Å². The zero-order valence-electron chi connectivity index (χ0n) is 11.5. The number of benzene rings is 2. The Kier molecular flexibility index (Phi) is 5.73. The fraction of sp³-hybridized carbons (Fsp3) is 0.250. The predicted molar refractivity (Wildman–Crippen MR) is 85.6 cm³/mol. The first-order valence-electron chi connectivity index (χ1n) is 6.64. The third-order valence-electron chi connectivity index (χ3n) is 3.24. The van der Waals surface area contributed by atoms with Crippen LogP contribution in [0.4, 0.5) is 8.78 Å². The molecule has 21 heavy (non-hydrogen) atoms. The molecule has 1 nitrogen and oxygen atoms in total. The highest BCUT2D eigenvalue weighted by Gasteiger charge is 2.18. The fourth-order valence-corrected chi connectivity index (χ4v) is 2.98. The van der Waals surface area contributed by atoms with Crippen LogP contribution in [-0.2, 0) is 6.42 Å². The molecule has 2 aromatic carbocycles. The molecule has 0 aliphatic heterocycles. The van der Waals surface area contributed by atoms with E-state index in [1.54, 1.807) is 6.07 Å². The molecule has 0 aromatic heterocycles. The van der Waals surface area contributed by atoms with Gasteiger partial charge in [-0.3, -0.25) is 0 Å². The summed E-state index contributed by atoms with van der Waals surface area (Å²) in [7, 11) is 0. The Labute approximate surface area is 136 Å². The van der Waals surface area contributed by atoms with Crippen molar-refractivity contribution < 1.29 is 8.78 Å². The minimum Gasteiger partial charge on any atom is -0.310 e. The highest BCUT2D eigenvalue weighted by atomic mass is 79.9. The van der Waals surface area contributed by atoms with Crippen LogP contribution in [0.15, 0.2) is 40.9 Å². The molecule has 0 fully saturated rings. The molecule has 1 N–H and O–H groups in total. The molecule has 2 aromatic rings. The standard InChI is InChI=1S/C16H15BrClF2N/c1-2-21-15(12-4-3-5-14(20)16(12)17)9-10-8-11(19)6-7-13(10)18/h3-8,15,21H,2,9H2,1H3. The van der Waals surface area contributed by atoms with Gasteiger partial charge in [-0.15, -0.1) is 0 Å². The Morgan fingerprint density at radius 2 is 2.00 bits per heavy atom. The monoisotopic (exact) mass is 373 g/mol. The van der Waals surface area contributed by atoms with Crippen molar-refractivity contribution in [2.24, 2.45) is 0 Å². The average molecular weight is 375 g/mol. The predicted octanol–water partition coefficient (Wildman–Crippen LogP) is 5.27. The number of halogens is 4. The van der Waals surface area contributed by atoms with Gasteiger partial charge < -0.3 is 5.32 Å². The lowest BCUT2D eigenvalue weighted by atomic mass is 9.98. The maximum absolute atomic E-state index is 13.7. The van der Waals surface area contributed by atoms with Crippen molar-refractivity contribution >= 4 is 27.5 Å². The molecular formula is C16H15BrClF2N. The quantitative estimate of drug-likeness (QED) is 0.751. The van der Waals surface area contributed by atoms with E-state index in [-0.39, 0.29) is 17.7 Å².